The number of carboxylic acid groups (broad SMARTS) is 1. The number of rotatable bonds is 11. The van der Waals surface area contributed by atoms with Gasteiger partial charge in [-0.3, -0.25) is 0 Å². The fraction of sp³-hybridized carbons (Fsp3) is 0.846. The Labute approximate surface area is 116 Å². The van der Waals surface area contributed by atoms with Gasteiger partial charge in [0.1, 0.15) is 0 Å². The first kappa shape index (κ1) is 17.5. The molecular weight excluding hydrogens is 299 g/mol. The molecule has 0 spiro atoms. The quantitative estimate of drug-likeness (QED) is 0.361. The number of carbonyl (C=O) groups is 2. The predicted molar refractivity (Wildman–Crippen MR) is 71.9 cm³/mol. The molecule has 0 saturated heterocycles. The first-order valence-corrected chi connectivity index (χ1v) is 9.45. The summed E-state index contributed by atoms with van der Waals surface area (Å²) in [5, 5.41) is 9.30. The predicted octanol–water partition coefficient (Wildman–Crippen LogP) is 2.90. The zero-order chi connectivity index (χ0) is 13.8. The van der Waals surface area contributed by atoms with Crippen molar-refractivity contribution >= 4 is 26.9 Å². The molecule has 1 N–H and O–H groups in total. The van der Waals surface area contributed by atoms with Gasteiger partial charge in [0.2, 0.25) is 0 Å². The molecule has 18 heavy (non-hydrogen) atoms. The topological polar surface area (TPSA) is 63.6 Å². The Morgan fingerprint density at radius 3 is 2.33 bits per heavy atom. The van der Waals surface area contributed by atoms with Gasteiger partial charge in [-0.2, -0.15) is 0 Å². The molecule has 0 aliphatic rings. The van der Waals surface area contributed by atoms with E-state index in [0.29, 0.717) is 11.7 Å². The van der Waals surface area contributed by atoms with E-state index in [1.54, 1.807) is 0 Å². The summed E-state index contributed by atoms with van der Waals surface area (Å²) < 4.78 is 4.96. The fourth-order valence-corrected chi connectivity index (χ4v) is 2.65. The number of unbranched alkanes of at least 4 members (excludes halogenated alkanes) is 5. The van der Waals surface area contributed by atoms with E-state index < -0.39 is 12.1 Å². The van der Waals surface area contributed by atoms with Crippen molar-refractivity contribution in [1.29, 1.82) is 0 Å². The normalized spacial score (nSPS) is 12.1. The van der Waals surface area contributed by atoms with Crippen molar-refractivity contribution in [3.05, 3.63) is 0 Å². The van der Waals surface area contributed by atoms with Crippen LogP contribution < -0.4 is 0 Å². The van der Waals surface area contributed by atoms with E-state index in [0.717, 1.165) is 19.3 Å². The molecule has 106 valence electrons. The third kappa shape index (κ3) is 9.49. The summed E-state index contributed by atoms with van der Waals surface area (Å²) in [7, 11) is 0. The number of carbonyl (C=O) groups excluding carboxylic acids is 1. The molecule has 0 aromatic heterocycles. The number of carboxylic acids is 1. The monoisotopic (exact) mass is 324 g/mol. The van der Waals surface area contributed by atoms with Gasteiger partial charge in [0.05, 0.1) is 0 Å². The van der Waals surface area contributed by atoms with Crippen LogP contribution in [0.4, 0.5) is 0 Å². The average Bonchev–Trinajstić information content (AvgIpc) is 2.33. The van der Waals surface area contributed by atoms with Crippen LogP contribution in [0.1, 0.15) is 51.9 Å². The van der Waals surface area contributed by atoms with Crippen LogP contribution in [0.5, 0.6) is 0 Å². The zero-order valence-corrected chi connectivity index (χ0v) is 13.0. The third-order valence-electron chi connectivity index (χ3n) is 2.60. The minimum atomic E-state index is -1.03. The molecule has 0 rings (SSSR count). The average molecular weight is 323 g/mol. The molecule has 0 radical (unpaired) electrons. The SMILES string of the molecule is CCCCCCCCC(=O)OC(C[Se]C)C(=O)O. The Morgan fingerprint density at radius 2 is 1.78 bits per heavy atom. The van der Waals surface area contributed by atoms with Gasteiger partial charge in [0, 0.05) is 0 Å². The molecule has 0 aliphatic carbocycles. The number of hydrogen-bond acceptors (Lipinski definition) is 3. The van der Waals surface area contributed by atoms with Crippen LogP contribution in [0.15, 0.2) is 0 Å². The summed E-state index contributed by atoms with van der Waals surface area (Å²) >= 11 is 0.198. The fourth-order valence-electron chi connectivity index (χ4n) is 1.57. The van der Waals surface area contributed by atoms with Gasteiger partial charge in [0.15, 0.2) is 0 Å². The summed E-state index contributed by atoms with van der Waals surface area (Å²) in [6, 6.07) is 0. The van der Waals surface area contributed by atoms with Crippen molar-refractivity contribution in [2.75, 3.05) is 0 Å². The standard InChI is InChI=1S/C13H24O4Se/c1-3-4-5-6-7-8-9-12(14)17-11(10-18-2)13(15)16/h11H,3-10H2,1-2H3,(H,15,16). The molecular formula is C13H24O4Se. The van der Waals surface area contributed by atoms with Crippen LogP contribution in [0.2, 0.25) is 11.1 Å². The van der Waals surface area contributed by atoms with Crippen LogP contribution in [0.25, 0.3) is 0 Å². The zero-order valence-electron chi connectivity index (χ0n) is 11.3. The van der Waals surface area contributed by atoms with Crippen LogP contribution >= 0.6 is 0 Å². The van der Waals surface area contributed by atoms with Crippen molar-refractivity contribution < 1.29 is 19.4 Å². The molecule has 0 amide bonds. The van der Waals surface area contributed by atoms with Gasteiger partial charge in [-0.15, -0.1) is 0 Å². The van der Waals surface area contributed by atoms with E-state index in [-0.39, 0.29) is 20.9 Å². The summed E-state index contributed by atoms with van der Waals surface area (Å²) in [4.78, 5) is 22.2. The summed E-state index contributed by atoms with van der Waals surface area (Å²) in [6.07, 6.45) is 6.01. The molecule has 0 saturated carbocycles. The van der Waals surface area contributed by atoms with Gasteiger partial charge in [-0.1, -0.05) is 0 Å². The molecule has 0 aliphatic heterocycles. The maximum absolute atomic E-state index is 11.4. The summed E-state index contributed by atoms with van der Waals surface area (Å²) in [6.45, 7) is 2.17. The minimum absolute atomic E-state index is 0.198. The third-order valence-corrected chi connectivity index (χ3v) is 3.94. The van der Waals surface area contributed by atoms with Crippen LogP contribution in [-0.4, -0.2) is 38.1 Å². The van der Waals surface area contributed by atoms with Gasteiger partial charge < -0.3 is 0 Å². The number of aliphatic carboxylic acids is 1. The maximum atomic E-state index is 11.4. The second kappa shape index (κ2) is 11.5. The van der Waals surface area contributed by atoms with E-state index in [2.05, 4.69) is 6.92 Å². The van der Waals surface area contributed by atoms with Crippen molar-refractivity contribution in [2.45, 2.75) is 69.1 Å². The molecule has 4 nitrogen and oxygen atoms in total. The van der Waals surface area contributed by atoms with Gasteiger partial charge in [0.25, 0.3) is 0 Å². The number of esters is 1. The molecule has 0 heterocycles. The van der Waals surface area contributed by atoms with Crippen molar-refractivity contribution in [3.63, 3.8) is 0 Å². The first-order valence-electron chi connectivity index (χ1n) is 6.53. The Kier molecular flexibility index (Phi) is 11.2. The number of ether oxygens (including phenoxy) is 1. The van der Waals surface area contributed by atoms with Crippen molar-refractivity contribution in [3.8, 4) is 0 Å². The van der Waals surface area contributed by atoms with Crippen LogP contribution in [0, 0.1) is 0 Å². The van der Waals surface area contributed by atoms with Gasteiger partial charge in [-0.25, -0.2) is 0 Å². The molecule has 0 aromatic carbocycles. The molecule has 0 aromatic rings. The summed E-state index contributed by atoms with van der Waals surface area (Å²) in [5.41, 5.74) is 0. The van der Waals surface area contributed by atoms with Gasteiger partial charge in [-0.05, 0) is 0 Å². The Balaban J connectivity index is 3.65. The second-order valence-corrected chi connectivity index (χ2v) is 6.20. The molecule has 0 fully saturated rings. The van der Waals surface area contributed by atoms with E-state index in [1.807, 2.05) is 5.82 Å². The van der Waals surface area contributed by atoms with Crippen LogP contribution in [0.3, 0.4) is 0 Å². The second-order valence-electron chi connectivity index (χ2n) is 4.29. The molecule has 0 bridgehead atoms. The first-order chi connectivity index (χ1) is 8.61. The molecule has 1 unspecified atom stereocenters. The molecule has 5 heteroatoms. The van der Waals surface area contributed by atoms with E-state index in [9.17, 15) is 9.59 Å². The Morgan fingerprint density at radius 1 is 1.17 bits per heavy atom. The van der Waals surface area contributed by atoms with Crippen molar-refractivity contribution in [2.24, 2.45) is 0 Å². The Bertz CT molecular complexity index is 243. The summed E-state index contributed by atoms with van der Waals surface area (Å²) in [5.74, 6) is 0.530. The van der Waals surface area contributed by atoms with Crippen LogP contribution in [-0.2, 0) is 14.3 Å². The van der Waals surface area contributed by atoms with Crippen molar-refractivity contribution in [1.82, 2.24) is 0 Å². The van der Waals surface area contributed by atoms with E-state index in [1.165, 1.54) is 19.3 Å². The van der Waals surface area contributed by atoms with E-state index in [4.69, 9.17) is 9.84 Å². The Hall–Kier alpha value is -0.541. The van der Waals surface area contributed by atoms with Gasteiger partial charge >= 0.3 is 115 Å². The molecule has 1 atom stereocenters. The number of hydrogen-bond donors (Lipinski definition) is 1. The van der Waals surface area contributed by atoms with E-state index >= 15 is 0 Å².